The van der Waals surface area contributed by atoms with Gasteiger partial charge in [0.2, 0.25) is 5.91 Å². The molecule has 0 aromatic heterocycles. The van der Waals surface area contributed by atoms with Gasteiger partial charge in [-0.3, -0.25) is 4.79 Å². The van der Waals surface area contributed by atoms with Crippen LogP contribution in [0.5, 0.6) is 0 Å². The van der Waals surface area contributed by atoms with E-state index in [4.69, 9.17) is 0 Å². The zero-order chi connectivity index (χ0) is 17.4. The molecule has 0 fully saturated rings. The third-order valence-corrected chi connectivity index (χ3v) is 4.98. The molecule has 0 spiro atoms. The van der Waals surface area contributed by atoms with Crippen LogP contribution in [0, 0.1) is 6.92 Å². The van der Waals surface area contributed by atoms with Crippen molar-refractivity contribution < 1.29 is 4.79 Å². The van der Waals surface area contributed by atoms with Crippen molar-refractivity contribution in [2.75, 3.05) is 17.7 Å². The molecule has 4 rings (SSSR count). The minimum Gasteiger partial charge on any atom is -0.388 e. The lowest BCUT2D eigenvalue weighted by Gasteiger charge is -2.31. The first kappa shape index (κ1) is 15.5. The summed E-state index contributed by atoms with van der Waals surface area (Å²) in [5.74, 6) is -0.0120. The van der Waals surface area contributed by atoms with Crippen LogP contribution in [-0.2, 0) is 10.2 Å². The highest BCUT2D eigenvalue weighted by molar-refractivity contribution is 6.12. The summed E-state index contributed by atoms with van der Waals surface area (Å²) in [6.07, 6.45) is 0. The Morgan fingerprint density at radius 1 is 0.880 bits per heavy atom. The summed E-state index contributed by atoms with van der Waals surface area (Å²) < 4.78 is 0. The zero-order valence-corrected chi connectivity index (χ0v) is 14.3. The summed E-state index contributed by atoms with van der Waals surface area (Å²) in [5, 5.41) is 6.35. The lowest BCUT2D eigenvalue weighted by molar-refractivity contribution is -0.118. The summed E-state index contributed by atoms with van der Waals surface area (Å²) in [7, 11) is 1.89. The predicted molar refractivity (Wildman–Crippen MR) is 102 cm³/mol. The Labute approximate surface area is 147 Å². The van der Waals surface area contributed by atoms with Gasteiger partial charge in [-0.05, 0) is 30.2 Å². The molecule has 25 heavy (non-hydrogen) atoms. The molecule has 1 unspecified atom stereocenters. The van der Waals surface area contributed by atoms with Gasteiger partial charge in [0.15, 0.2) is 0 Å². The Balaban J connectivity index is 2.13. The summed E-state index contributed by atoms with van der Waals surface area (Å²) in [4.78, 5) is 13.4. The highest BCUT2D eigenvalue weighted by Gasteiger charge is 2.50. The molecule has 1 aliphatic heterocycles. The van der Waals surface area contributed by atoms with Crippen LogP contribution in [0.2, 0.25) is 0 Å². The van der Waals surface area contributed by atoms with Crippen molar-refractivity contribution in [1.82, 2.24) is 0 Å². The van der Waals surface area contributed by atoms with Gasteiger partial charge in [0.1, 0.15) is 5.41 Å². The average Bonchev–Trinajstić information content (AvgIpc) is 2.95. The highest BCUT2D eigenvalue weighted by Crippen LogP contribution is 2.49. The van der Waals surface area contributed by atoms with E-state index in [0.29, 0.717) is 0 Å². The molecule has 0 bridgehead atoms. The van der Waals surface area contributed by atoms with E-state index < -0.39 is 5.41 Å². The minimum absolute atomic E-state index is 0.0120. The van der Waals surface area contributed by atoms with Crippen LogP contribution < -0.4 is 10.6 Å². The summed E-state index contributed by atoms with van der Waals surface area (Å²) in [6, 6.07) is 24.2. The number of anilines is 2. The van der Waals surface area contributed by atoms with Crippen LogP contribution in [0.4, 0.5) is 11.4 Å². The molecule has 1 atom stereocenters. The van der Waals surface area contributed by atoms with Crippen molar-refractivity contribution in [3.63, 3.8) is 0 Å². The van der Waals surface area contributed by atoms with Crippen LogP contribution in [0.25, 0.3) is 0 Å². The van der Waals surface area contributed by atoms with E-state index in [1.807, 2.05) is 67.7 Å². The largest absolute Gasteiger partial charge is 0.388 e. The van der Waals surface area contributed by atoms with Crippen molar-refractivity contribution in [2.45, 2.75) is 12.3 Å². The monoisotopic (exact) mass is 328 g/mol. The second kappa shape index (κ2) is 5.78. The van der Waals surface area contributed by atoms with Crippen molar-refractivity contribution in [3.05, 3.63) is 95.1 Å². The van der Waals surface area contributed by atoms with Crippen molar-refractivity contribution >= 4 is 17.3 Å². The lowest BCUT2D eigenvalue weighted by Crippen LogP contribution is -2.37. The van der Waals surface area contributed by atoms with Crippen molar-refractivity contribution in [3.8, 4) is 0 Å². The van der Waals surface area contributed by atoms with E-state index in [1.165, 1.54) is 0 Å². The number of benzene rings is 3. The van der Waals surface area contributed by atoms with E-state index in [2.05, 4.69) is 29.7 Å². The number of hydrogen-bond acceptors (Lipinski definition) is 2. The number of amides is 1. The minimum atomic E-state index is -0.859. The maximum Gasteiger partial charge on any atom is 0.244 e. The molecule has 1 heterocycles. The smallest absolute Gasteiger partial charge is 0.244 e. The molecule has 1 aliphatic rings. The third-order valence-electron chi connectivity index (χ3n) is 4.98. The Kier molecular flexibility index (Phi) is 3.57. The Hall–Kier alpha value is -3.07. The number of fused-ring (bicyclic) bond motifs is 1. The Bertz CT molecular complexity index is 949. The van der Waals surface area contributed by atoms with E-state index in [-0.39, 0.29) is 5.91 Å². The Morgan fingerprint density at radius 3 is 2.36 bits per heavy atom. The van der Waals surface area contributed by atoms with E-state index in [9.17, 15) is 4.79 Å². The molecular weight excluding hydrogens is 308 g/mol. The summed E-state index contributed by atoms with van der Waals surface area (Å²) >= 11 is 0. The van der Waals surface area contributed by atoms with Gasteiger partial charge in [-0.15, -0.1) is 0 Å². The van der Waals surface area contributed by atoms with Gasteiger partial charge in [-0.1, -0.05) is 66.2 Å². The van der Waals surface area contributed by atoms with Crippen LogP contribution in [0.15, 0.2) is 72.8 Å². The second-order valence-electron chi connectivity index (χ2n) is 6.41. The lowest BCUT2D eigenvalue weighted by atomic mass is 9.69. The molecule has 3 nitrogen and oxygen atoms in total. The second-order valence-corrected chi connectivity index (χ2v) is 6.41. The molecule has 3 heteroatoms. The molecule has 2 N–H and O–H groups in total. The first-order chi connectivity index (χ1) is 12.2. The number of hydrogen-bond donors (Lipinski definition) is 2. The first-order valence-corrected chi connectivity index (χ1v) is 8.43. The normalized spacial score (nSPS) is 18.6. The molecule has 0 saturated heterocycles. The van der Waals surface area contributed by atoms with Gasteiger partial charge in [-0.25, -0.2) is 0 Å². The SMILES string of the molecule is CNc1ccc(C)cc1C1(c2ccccc2)C(=O)Nc2ccccc21. The fourth-order valence-corrected chi connectivity index (χ4v) is 3.84. The topological polar surface area (TPSA) is 41.1 Å². The van der Waals surface area contributed by atoms with E-state index in [0.717, 1.165) is 33.6 Å². The van der Waals surface area contributed by atoms with Gasteiger partial charge in [0.05, 0.1) is 0 Å². The zero-order valence-electron chi connectivity index (χ0n) is 14.3. The summed E-state index contributed by atoms with van der Waals surface area (Å²) in [6.45, 7) is 2.06. The van der Waals surface area contributed by atoms with Gasteiger partial charge >= 0.3 is 0 Å². The molecule has 3 aromatic carbocycles. The van der Waals surface area contributed by atoms with Crippen LogP contribution in [0.3, 0.4) is 0 Å². The van der Waals surface area contributed by atoms with Crippen LogP contribution in [0.1, 0.15) is 22.3 Å². The molecular formula is C22H20N2O. The maximum absolute atomic E-state index is 13.4. The van der Waals surface area contributed by atoms with Gasteiger partial charge in [0, 0.05) is 24.0 Å². The molecule has 0 aliphatic carbocycles. The van der Waals surface area contributed by atoms with Gasteiger partial charge in [-0.2, -0.15) is 0 Å². The van der Waals surface area contributed by atoms with Crippen molar-refractivity contribution in [1.29, 1.82) is 0 Å². The predicted octanol–water partition coefficient (Wildman–Crippen LogP) is 4.32. The van der Waals surface area contributed by atoms with Crippen molar-refractivity contribution in [2.24, 2.45) is 0 Å². The average molecular weight is 328 g/mol. The molecule has 124 valence electrons. The number of carbonyl (C=O) groups is 1. The fourth-order valence-electron chi connectivity index (χ4n) is 3.84. The molecule has 0 radical (unpaired) electrons. The first-order valence-electron chi connectivity index (χ1n) is 8.43. The Morgan fingerprint density at radius 2 is 1.60 bits per heavy atom. The molecule has 1 amide bonds. The quantitative estimate of drug-likeness (QED) is 0.751. The molecule has 3 aromatic rings. The van der Waals surface area contributed by atoms with Crippen LogP contribution >= 0.6 is 0 Å². The fraction of sp³-hybridized carbons (Fsp3) is 0.136. The number of carbonyl (C=O) groups excluding carboxylic acids is 1. The number of rotatable bonds is 3. The van der Waals surface area contributed by atoms with E-state index in [1.54, 1.807) is 0 Å². The van der Waals surface area contributed by atoms with Gasteiger partial charge in [0.25, 0.3) is 0 Å². The van der Waals surface area contributed by atoms with Crippen LogP contribution in [-0.4, -0.2) is 13.0 Å². The third kappa shape index (κ3) is 2.16. The highest BCUT2D eigenvalue weighted by atomic mass is 16.2. The number of aryl methyl sites for hydroxylation is 1. The summed E-state index contributed by atoms with van der Waals surface area (Å²) in [5.41, 5.74) is 5.04. The maximum atomic E-state index is 13.4. The molecule has 0 saturated carbocycles. The van der Waals surface area contributed by atoms with Gasteiger partial charge < -0.3 is 10.6 Å². The number of para-hydroxylation sites is 1. The standard InChI is InChI=1S/C22H20N2O/c1-15-12-13-19(23-2)18(14-15)22(16-8-4-3-5-9-16)17-10-6-7-11-20(17)24-21(22)25/h3-14,23H,1-2H3,(H,24,25). The number of nitrogens with one attached hydrogen (secondary N) is 2. The van der Waals surface area contributed by atoms with E-state index >= 15 is 0 Å².